The summed E-state index contributed by atoms with van der Waals surface area (Å²) >= 11 is 5.83. The average Bonchev–Trinajstić information content (AvgIpc) is 3.32. The second kappa shape index (κ2) is 6.42. The Bertz CT molecular complexity index is 671. The van der Waals surface area contributed by atoms with E-state index < -0.39 is 0 Å². The van der Waals surface area contributed by atoms with Crippen LogP contribution in [0.2, 0.25) is 5.15 Å². The summed E-state index contributed by atoms with van der Waals surface area (Å²) in [6.45, 7) is 3.02. The number of rotatable bonds is 5. The van der Waals surface area contributed by atoms with E-state index in [0.717, 1.165) is 37.7 Å². The van der Waals surface area contributed by atoms with Crippen LogP contribution in [-0.4, -0.2) is 39.0 Å². The predicted octanol–water partition coefficient (Wildman–Crippen LogP) is 3.09. The van der Waals surface area contributed by atoms with Gasteiger partial charge in [-0.2, -0.15) is 0 Å². The maximum absolute atomic E-state index is 5.83. The van der Waals surface area contributed by atoms with Gasteiger partial charge in [-0.3, -0.25) is 4.90 Å². The first-order valence-corrected chi connectivity index (χ1v) is 8.56. The Morgan fingerprint density at radius 1 is 1.17 bits per heavy atom. The molecular formula is C17H20ClN5. The van der Waals surface area contributed by atoms with Gasteiger partial charge in [-0.25, -0.2) is 15.0 Å². The van der Waals surface area contributed by atoms with Gasteiger partial charge in [-0.05, 0) is 37.0 Å². The number of likely N-dealkylation sites (tertiary alicyclic amines) is 1. The third-order valence-electron chi connectivity index (χ3n) is 4.44. The first-order chi connectivity index (χ1) is 11.3. The SMILES string of the molecule is Clc1ccc(CN2CCC(Nc3ccnc(C4CC4)n3)C2)cn1. The molecule has 2 aliphatic rings. The smallest absolute Gasteiger partial charge is 0.133 e. The van der Waals surface area contributed by atoms with E-state index in [1.807, 2.05) is 30.6 Å². The third kappa shape index (κ3) is 3.79. The van der Waals surface area contributed by atoms with Gasteiger partial charge in [-0.15, -0.1) is 0 Å². The Morgan fingerprint density at radius 2 is 2.09 bits per heavy atom. The highest BCUT2D eigenvalue weighted by atomic mass is 35.5. The minimum absolute atomic E-state index is 0.442. The number of anilines is 1. The number of aromatic nitrogens is 3. The molecule has 0 aromatic carbocycles. The number of pyridine rings is 1. The molecule has 2 aromatic heterocycles. The summed E-state index contributed by atoms with van der Waals surface area (Å²) in [7, 11) is 0. The van der Waals surface area contributed by atoms with Crippen LogP contribution in [0.15, 0.2) is 30.6 Å². The fourth-order valence-corrected chi connectivity index (χ4v) is 3.17. The zero-order valence-corrected chi connectivity index (χ0v) is 13.7. The van der Waals surface area contributed by atoms with Gasteiger partial charge in [0, 0.05) is 44.0 Å². The highest BCUT2D eigenvalue weighted by Gasteiger charge is 2.27. The number of hydrogen-bond donors (Lipinski definition) is 1. The minimum atomic E-state index is 0.442. The second-order valence-electron chi connectivity index (χ2n) is 6.43. The lowest BCUT2D eigenvalue weighted by atomic mass is 10.2. The summed E-state index contributed by atoms with van der Waals surface area (Å²) in [6.07, 6.45) is 7.32. The van der Waals surface area contributed by atoms with Crippen molar-refractivity contribution in [2.75, 3.05) is 18.4 Å². The van der Waals surface area contributed by atoms with Gasteiger partial charge in [0.2, 0.25) is 0 Å². The standard InChI is InChI=1S/C17H20ClN5/c18-15-4-1-12(9-20-15)10-23-8-6-14(11-23)21-16-5-7-19-17(22-16)13-2-3-13/h1,4-5,7,9,13-14H,2-3,6,8,10-11H2,(H,19,21,22). The van der Waals surface area contributed by atoms with Crippen molar-refractivity contribution in [2.45, 2.75) is 37.8 Å². The molecular weight excluding hydrogens is 310 g/mol. The van der Waals surface area contributed by atoms with Gasteiger partial charge in [0.1, 0.15) is 16.8 Å². The maximum Gasteiger partial charge on any atom is 0.133 e. The molecule has 23 heavy (non-hydrogen) atoms. The first kappa shape index (κ1) is 14.8. The Morgan fingerprint density at radius 3 is 2.87 bits per heavy atom. The van der Waals surface area contributed by atoms with Crippen LogP contribution in [0.5, 0.6) is 0 Å². The largest absolute Gasteiger partial charge is 0.366 e. The van der Waals surface area contributed by atoms with E-state index in [1.165, 1.54) is 18.4 Å². The molecule has 1 unspecified atom stereocenters. The van der Waals surface area contributed by atoms with E-state index in [1.54, 1.807) is 0 Å². The van der Waals surface area contributed by atoms with E-state index in [2.05, 4.69) is 25.2 Å². The lowest BCUT2D eigenvalue weighted by molar-refractivity contribution is 0.328. The van der Waals surface area contributed by atoms with Gasteiger partial charge in [0.05, 0.1) is 0 Å². The first-order valence-electron chi connectivity index (χ1n) is 8.18. The van der Waals surface area contributed by atoms with Crippen LogP contribution in [-0.2, 0) is 6.54 Å². The van der Waals surface area contributed by atoms with E-state index >= 15 is 0 Å². The van der Waals surface area contributed by atoms with Crippen molar-refractivity contribution >= 4 is 17.4 Å². The molecule has 2 aromatic rings. The molecule has 6 heteroatoms. The molecule has 4 rings (SSSR count). The lowest BCUT2D eigenvalue weighted by Crippen LogP contribution is -2.26. The van der Waals surface area contributed by atoms with E-state index in [0.29, 0.717) is 17.1 Å². The van der Waals surface area contributed by atoms with Crippen LogP contribution in [0.4, 0.5) is 5.82 Å². The van der Waals surface area contributed by atoms with Crippen LogP contribution < -0.4 is 5.32 Å². The molecule has 1 saturated carbocycles. The highest BCUT2D eigenvalue weighted by molar-refractivity contribution is 6.29. The minimum Gasteiger partial charge on any atom is -0.366 e. The van der Waals surface area contributed by atoms with E-state index in [9.17, 15) is 0 Å². The van der Waals surface area contributed by atoms with Gasteiger partial charge >= 0.3 is 0 Å². The monoisotopic (exact) mass is 329 g/mol. The summed E-state index contributed by atoms with van der Waals surface area (Å²) < 4.78 is 0. The fourth-order valence-electron chi connectivity index (χ4n) is 3.05. The average molecular weight is 330 g/mol. The molecule has 0 spiro atoms. The molecule has 1 saturated heterocycles. The second-order valence-corrected chi connectivity index (χ2v) is 6.82. The van der Waals surface area contributed by atoms with Crippen LogP contribution in [0, 0.1) is 0 Å². The number of halogens is 1. The molecule has 120 valence electrons. The van der Waals surface area contributed by atoms with Crippen molar-refractivity contribution in [2.24, 2.45) is 0 Å². The Hall–Kier alpha value is -1.72. The zero-order valence-electron chi connectivity index (χ0n) is 13.0. The Kier molecular flexibility index (Phi) is 4.14. The summed E-state index contributed by atoms with van der Waals surface area (Å²) in [5, 5.41) is 4.11. The zero-order chi connectivity index (χ0) is 15.6. The molecule has 0 amide bonds. The molecule has 1 aliphatic heterocycles. The van der Waals surface area contributed by atoms with Crippen LogP contribution >= 0.6 is 11.6 Å². The summed E-state index contributed by atoms with van der Waals surface area (Å²) in [5.74, 6) is 2.55. The third-order valence-corrected chi connectivity index (χ3v) is 4.66. The summed E-state index contributed by atoms with van der Waals surface area (Å²) in [5.41, 5.74) is 1.20. The molecule has 0 bridgehead atoms. The van der Waals surface area contributed by atoms with Crippen molar-refractivity contribution in [3.05, 3.63) is 47.1 Å². The molecule has 1 atom stereocenters. The van der Waals surface area contributed by atoms with Gasteiger partial charge < -0.3 is 5.32 Å². The normalized spacial score (nSPS) is 21.5. The van der Waals surface area contributed by atoms with Crippen LogP contribution in [0.1, 0.15) is 36.6 Å². The van der Waals surface area contributed by atoms with Gasteiger partial charge in [0.15, 0.2) is 0 Å². The molecule has 1 N–H and O–H groups in total. The topological polar surface area (TPSA) is 53.9 Å². The lowest BCUT2D eigenvalue weighted by Gasteiger charge is -2.17. The Balaban J connectivity index is 1.33. The molecule has 0 radical (unpaired) electrons. The fraction of sp³-hybridized carbons (Fsp3) is 0.471. The molecule has 1 aliphatic carbocycles. The maximum atomic E-state index is 5.83. The number of nitrogens with one attached hydrogen (secondary N) is 1. The van der Waals surface area contributed by atoms with Crippen molar-refractivity contribution in [3.8, 4) is 0 Å². The highest BCUT2D eigenvalue weighted by Crippen LogP contribution is 2.38. The van der Waals surface area contributed by atoms with E-state index in [4.69, 9.17) is 11.6 Å². The van der Waals surface area contributed by atoms with Gasteiger partial charge in [-0.1, -0.05) is 17.7 Å². The molecule has 2 fully saturated rings. The van der Waals surface area contributed by atoms with Crippen molar-refractivity contribution in [1.82, 2.24) is 19.9 Å². The quantitative estimate of drug-likeness (QED) is 0.854. The van der Waals surface area contributed by atoms with Crippen molar-refractivity contribution < 1.29 is 0 Å². The van der Waals surface area contributed by atoms with Crippen molar-refractivity contribution in [3.63, 3.8) is 0 Å². The Labute approximate surface area is 141 Å². The van der Waals surface area contributed by atoms with Gasteiger partial charge in [0.25, 0.3) is 0 Å². The van der Waals surface area contributed by atoms with Crippen molar-refractivity contribution in [1.29, 1.82) is 0 Å². The van der Waals surface area contributed by atoms with E-state index in [-0.39, 0.29) is 0 Å². The molecule has 5 nitrogen and oxygen atoms in total. The predicted molar refractivity (Wildman–Crippen MR) is 90.6 cm³/mol. The molecule has 3 heterocycles. The summed E-state index contributed by atoms with van der Waals surface area (Å²) in [6, 6.07) is 6.31. The number of hydrogen-bond acceptors (Lipinski definition) is 5. The van der Waals surface area contributed by atoms with Crippen LogP contribution in [0.25, 0.3) is 0 Å². The van der Waals surface area contributed by atoms with Crippen LogP contribution in [0.3, 0.4) is 0 Å². The summed E-state index contributed by atoms with van der Waals surface area (Å²) in [4.78, 5) is 15.6. The number of nitrogens with zero attached hydrogens (tertiary/aromatic N) is 4.